The zero-order valence-electron chi connectivity index (χ0n) is 11.8. The smallest absolute Gasteiger partial charge is 0.272 e. The number of aryl methyl sites for hydroxylation is 1. The standard InChI is InChI=1S/C16H19N3O/c1-12-3-5-13(6-4-12)11-19(2)16(20)15-8-7-14(9-17)10-18-15/h3-8,10H,9,11,17H2,1-2H3. The van der Waals surface area contributed by atoms with Crippen LogP contribution in [0.2, 0.25) is 0 Å². The molecule has 1 aromatic carbocycles. The molecule has 2 aromatic rings. The van der Waals surface area contributed by atoms with E-state index in [9.17, 15) is 4.79 Å². The van der Waals surface area contributed by atoms with Crippen LogP contribution < -0.4 is 5.73 Å². The summed E-state index contributed by atoms with van der Waals surface area (Å²) in [5, 5.41) is 0. The summed E-state index contributed by atoms with van der Waals surface area (Å²) >= 11 is 0. The van der Waals surface area contributed by atoms with Crippen LogP contribution in [-0.2, 0) is 13.1 Å². The van der Waals surface area contributed by atoms with Crippen molar-refractivity contribution in [2.24, 2.45) is 5.73 Å². The second kappa shape index (κ2) is 6.30. The van der Waals surface area contributed by atoms with Gasteiger partial charge in [-0.2, -0.15) is 0 Å². The van der Waals surface area contributed by atoms with E-state index in [1.807, 2.05) is 37.3 Å². The van der Waals surface area contributed by atoms with Gasteiger partial charge < -0.3 is 10.6 Å². The van der Waals surface area contributed by atoms with Crippen molar-refractivity contribution in [2.45, 2.75) is 20.0 Å². The minimum Gasteiger partial charge on any atom is -0.336 e. The average Bonchev–Trinajstić information content (AvgIpc) is 2.49. The molecule has 0 aliphatic heterocycles. The van der Waals surface area contributed by atoms with Crippen molar-refractivity contribution in [3.63, 3.8) is 0 Å². The third kappa shape index (κ3) is 3.42. The third-order valence-corrected chi connectivity index (χ3v) is 3.17. The third-order valence-electron chi connectivity index (χ3n) is 3.17. The molecule has 2 N–H and O–H groups in total. The maximum absolute atomic E-state index is 12.2. The van der Waals surface area contributed by atoms with E-state index >= 15 is 0 Å². The molecule has 2 rings (SSSR count). The Morgan fingerprint density at radius 3 is 2.35 bits per heavy atom. The number of hydrogen-bond donors (Lipinski definition) is 1. The van der Waals surface area contributed by atoms with Crippen molar-refractivity contribution in [1.29, 1.82) is 0 Å². The topological polar surface area (TPSA) is 59.2 Å². The van der Waals surface area contributed by atoms with Crippen LogP contribution in [0.5, 0.6) is 0 Å². The highest BCUT2D eigenvalue weighted by atomic mass is 16.2. The van der Waals surface area contributed by atoms with Crippen molar-refractivity contribution in [3.8, 4) is 0 Å². The normalized spacial score (nSPS) is 10.3. The minimum absolute atomic E-state index is 0.0888. The van der Waals surface area contributed by atoms with Crippen LogP contribution in [-0.4, -0.2) is 22.8 Å². The second-order valence-corrected chi connectivity index (χ2v) is 4.90. The predicted molar refractivity (Wildman–Crippen MR) is 79.1 cm³/mol. The van der Waals surface area contributed by atoms with E-state index in [0.29, 0.717) is 18.8 Å². The molecule has 1 heterocycles. The first-order valence-electron chi connectivity index (χ1n) is 6.56. The lowest BCUT2D eigenvalue weighted by atomic mass is 10.1. The van der Waals surface area contributed by atoms with Gasteiger partial charge in [0.05, 0.1) is 0 Å². The van der Waals surface area contributed by atoms with Crippen LogP contribution in [0.1, 0.15) is 27.2 Å². The van der Waals surface area contributed by atoms with E-state index in [-0.39, 0.29) is 5.91 Å². The maximum atomic E-state index is 12.2. The van der Waals surface area contributed by atoms with Gasteiger partial charge in [0.25, 0.3) is 5.91 Å². The van der Waals surface area contributed by atoms with Crippen LogP contribution >= 0.6 is 0 Å². The molecule has 4 heteroatoms. The van der Waals surface area contributed by atoms with Crippen molar-refractivity contribution < 1.29 is 4.79 Å². The van der Waals surface area contributed by atoms with E-state index in [1.165, 1.54) is 5.56 Å². The van der Waals surface area contributed by atoms with Gasteiger partial charge >= 0.3 is 0 Å². The van der Waals surface area contributed by atoms with Crippen LogP contribution in [0.4, 0.5) is 0 Å². The Morgan fingerprint density at radius 1 is 1.15 bits per heavy atom. The number of hydrogen-bond acceptors (Lipinski definition) is 3. The molecule has 0 aliphatic rings. The Hall–Kier alpha value is -2.20. The summed E-state index contributed by atoms with van der Waals surface area (Å²) in [7, 11) is 1.78. The molecule has 0 fully saturated rings. The van der Waals surface area contributed by atoms with Gasteiger partial charge in [-0.1, -0.05) is 35.9 Å². The number of nitrogens with two attached hydrogens (primary N) is 1. The molecular formula is C16H19N3O. The van der Waals surface area contributed by atoms with E-state index in [2.05, 4.69) is 4.98 Å². The summed E-state index contributed by atoms with van der Waals surface area (Å²) in [6.07, 6.45) is 1.65. The fourth-order valence-corrected chi connectivity index (χ4v) is 1.91. The highest BCUT2D eigenvalue weighted by Gasteiger charge is 2.13. The summed E-state index contributed by atoms with van der Waals surface area (Å²) in [5.74, 6) is -0.0888. The molecule has 0 aliphatic carbocycles. The fraction of sp³-hybridized carbons (Fsp3) is 0.250. The summed E-state index contributed by atoms with van der Waals surface area (Å²) in [6, 6.07) is 11.7. The van der Waals surface area contributed by atoms with Crippen molar-refractivity contribution in [1.82, 2.24) is 9.88 Å². The molecule has 0 radical (unpaired) electrons. The lowest BCUT2D eigenvalue weighted by Gasteiger charge is -2.17. The Balaban J connectivity index is 2.05. The molecule has 0 bridgehead atoms. The molecule has 4 nitrogen and oxygen atoms in total. The first-order valence-corrected chi connectivity index (χ1v) is 6.56. The van der Waals surface area contributed by atoms with Gasteiger partial charge in [-0.25, -0.2) is 0 Å². The molecule has 0 saturated heterocycles. The number of amides is 1. The molecule has 1 aromatic heterocycles. The number of nitrogens with zero attached hydrogens (tertiary/aromatic N) is 2. The van der Waals surface area contributed by atoms with Crippen molar-refractivity contribution >= 4 is 5.91 Å². The number of carbonyl (C=O) groups excluding carboxylic acids is 1. The molecule has 1 amide bonds. The minimum atomic E-state index is -0.0888. The van der Waals surface area contributed by atoms with Gasteiger partial charge in [-0.15, -0.1) is 0 Å². The number of aromatic nitrogens is 1. The molecule has 0 spiro atoms. The van der Waals surface area contributed by atoms with Crippen molar-refractivity contribution in [2.75, 3.05) is 7.05 Å². The van der Waals surface area contributed by atoms with Gasteiger partial charge in [-0.05, 0) is 24.1 Å². The summed E-state index contributed by atoms with van der Waals surface area (Å²) < 4.78 is 0. The first-order chi connectivity index (χ1) is 9.60. The SMILES string of the molecule is Cc1ccc(CN(C)C(=O)c2ccc(CN)cn2)cc1. The lowest BCUT2D eigenvalue weighted by Crippen LogP contribution is -2.27. The van der Waals surface area contributed by atoms with Crippen molar-refractivity contribution in [3.05, 3.63) is 65.0 Å². The molecule has 0 atom stereocenters. The quantitative estimate of drug-likeness (QED) is 0.925. The Labute approximate surface area is 119 Å². The number of carbonyl (C=O) groups is 1. The van der Waals surface area contributed by atoms with E-state index in [0.717, 1.165) is 11.1 Å². The van der Waals surface area contributed by atoms with Crippen LogP contribution in [0.15, 0.2) is 42.6 Å². The molecule has 20 heavy (non-hydrogen) atoms. The first kappa shape index (κ1) is 14.2. The molecule has 104 valence electrons. The number of pyridine rings is 1. The maximum Gasteiger partial charge on any atom is 0.272 e. The zero-order valence-corrected chi connectivity index (χ0v) is 11.8. The van der Waals surface area contributed by atoms with E-state index < -0.39 is 0 Å². The monoisotopic (exact) mass is 269 g/mol. The highest BCUT2D eigenvalue weighted by molar-refractivity contribution is 5.92. The number of rotatable bonds is 4. The lowest BCUT2D eigenvalue weighted by molar-refractivity contribution is 0.0779. The van der Waals surface area contributed by atoms with Gasteiger partial charge in [0, 0.05) is 26.3 Å². The van der Waals surface area contributed by atoms with E-state index in [1.54, 1.807) is 24.2 Å². The van der Waals surface area contributed by atoms with Gasteiger partial charge in [0.2, 0.25) is 0 Å². The highest BCUT2D eigenvalue weighted by Crippen LogP contribution is 2.09. The summed E-state index contributed by atoms with van der Waals surface area (Å²) in [6.45, 7) is 3.04. The van der Waals surface area contributed by atoms with Gasteiger partial charge in [0.15, 0.2) is 0 Å². The Bertz CT molecular complexity index is 576. The summed E-state index contributed by atoms with van der Waals surface area (Å²) in [4.78, 5) is 18.1. The molecule has 0 saturated carbocycles. The Morgan fingerprint density at radius 2 is 1.80 bits per heavy atom. The van der Waals surface area contributed by atoms with E-state index in [4.69, 9.17) is 5.73 Å². The predicted octanol–water partition coefficient (Wildman–Crippen LogP) is 2.12. The van der Waals surface area contributed by atoms with Crippen LogP contribution in [0, 0.1) is 6.92 Å². The van der Waals surface area contributed by atoms with Gasteiger partial charge in [-0.3, -0.25) is 9.78 Å². The fourth-order valence-electron chi connectivity index (χ4n) is 1.91. The Kier molecular flexibility index (Phi) is 4.48. The second-order valence-electron chi connectivity index (χ2n) is 4.90. The van der Waals surface area contributed by atoms with Gasteiger partial charge in [0.1, 0.15) is 5.69 Å². The van der Waals surface area contributed by atoms with Crippen LogP contribution in [0.25, 0.3) is 0 Å². The van der Waals surface area contributed by atoms with Crippen LogP contribution in [0.3, 0.4) is 0 Å². The molecular weight excluding hydrogens is 250 g/mol. The average molecular weight is 269 g/mol. The number of benzene rings is 1. The summed E-state index contributed by atoms with van der Waals surface area (Å²) in [5.41, 5.74) is 9.19. The largest absolute Gasteiger partial charge is 0.336 e. The zero-order chi connectivity index (χ0) is 14.5. The molecule has 0 unspecified atom stereocenters.